The lowest BCUT2D eigenvalue weighted by Gasteiger charge is -2.25. The summed E-state index contributed by atoms with van der Waals surface area (Å²) in [6.45, 7) is 0.385. The van der Waals surface area contributed by atoms with Crippen molar-refractivity contribution in [3.8, 4) is 0 Å². The third-order valence-corrected chi connectivity index (χ3v) is 2.38. The Morgan fingerprint density at radius 2 is 2.38 bits per heavy atom. The van der Waals surface area contributed by atoms with E-state index in [1.807, 2.05) is 11.9 Å². The molecule has 0 radical (unpaired) electrons. The molecular formula is C8H17N3O2. The summed E-state index contributed by atoms with van der Waals surface area (Å²) in [4.78, 5) is 13.3. The minimum atomic E-state index is -0.262. The molecule has 0 heterocycles. The highest BCUT2D eigenvalue weighted by Crippen LogP contribution is 2.27. The van der Waals surface area contributed by atoms with E-state index in [9.17, 15) is 4.79 Å². The zero-order valence-corrected chi connectivity index (χ0v) is 8.12. The van der Waals surface area contributed by atoms with Crippen LogP contribution in [0.25, 0.3) is 0 Å². The summed E-state index contributed by atoms with van der Waals surface area (Å²) < 4.78 is 4.97. The number of hydrogen-bond donors (Lipinski definition) is 2. The maximum absolute atomic E-state index is 11.3. The quantitative estimate of drug-likeness (QED) is 0.332. The predicted molar refractivity (Wildman–Crippen MR) is 48.8 cm³/mol. The Morgan fingerprint density at radius 1 is 1.77 bits per heavy atom. The molecule has 0 aliphatic heterocycles. The molecule has 0 spiro atoms. The van der Waals surface area contributed by atoms with Gasteiger partial charge in [0, 0.05) is 13.2 Å². The van der Waals surface area contributed by atoms with Crippen LogP contribution in [0.4, 0.5) is 0 Å². The van der Waals surface area contributed by atoms with E-state index in [2.05, 4.69) is 5.43 Å². The van der Waals surface area contributed by atoms with E-state index in [1.54, 1.807) is 7.11 Å². The van der Waals surface area contributed by atoms with E-state index in [0.29, 0.717) is 12.6 Å². The van der Waals surface area contributed by atoms with Crippen molar-refractivity contribution in [1.82, 2.24) is 10.3 Å². The summed E-state index contributed by atoms with van der Waals surface area (Å²) in [6.07, 6.45) is 2.32. The molecule has 3 N–H and O–H groups in total. The van der Waals surface area contributed by atoms with Gasteiger partial charge in [-0.3, -0.25) is 15.1 Å². The number of ether oxygens (including phenoxy) is 1. The lowest BCUT2D eigenvalue weighted by atomic mass is 10.2. The Morgan fingerprint density at radius 3 is 2.77 bits per heavy atom. The molecule has 1 fully saturated rings. The number of hydrazine groups is 1. The van der Waals surface area contributed by atoms with Gasteiger partial charge in [0.05, 0.1) is 6.61 Å². The van der Waals surface area contributed by atoms with Crippen molar-refractivity contribution in [3.05, 3.63) is 0 Å². The van der Waals surface area contributed by atoms with Crippen LogP contribution in [0.5, 0.6) is 0 Å². The molecule has 5 heteroatoms. The van der Waals surface area contributed by atoms with Gasteiger partial charge in [-0.1, -0.05) is 0 Å². The lowest BCUT2D eigenvalue weighted by molar-refractivity contribution is -0.128. The summed E-state index contributed by atoms with van der Waals surface area (Å²) in [5, 5.41) is 0. The minimum Gasteiger partial charge on any atom is -0.383 e. The number of methoxy groups -OCH3 is 1. The number of carbonyl (C=O) groups excluding carboxylic acids is 1. The van der Waals surface area contributed by atoms with Gasteiger partial charge in [-0.25, -0.2) is 5.84 Å². The number of likely N-dealkylation sites (N-methyl/N-ethyl adjacent to an activating group) is 1. The van der Waals surface area contributed by atoms with E-state index in [1.165, 1.54) is 0 Å². The molecule has 1 unspecified atom stereocenters. The molecule has 1 rings (SSSR count). The molecule has 0 aromatic rings. The van der Waals surface area contributed by atoms with Gasteiger partial charge < -0.3 is 4.74 Å². The standard InChI is InChI=1S/C8H17N3O2/c1-11(6-3-4-6)7(5-13-2)8(12)10-9/h6-7H,3-5,9H2,1-2H3,(H,10,12). The van der Waals surface area contributed by atoms with Gasteiger partial charge in [-0.2, -0.15) is 0 Å². The number of amides is 1. The van der Waals surface area contributed by atoms with Crippen LogP contribution in [0.15, 0.2) is 0 Å². The van der Waals surface area contributed by atoms with Gasteiger partial charge in [-0.05, 0) is 19.9 Å². The highest BCUT2D eigenvalue weighted by atomic mass is 16.5. The number of rotatable bonds is 5. The Hall–Kier alpha value is -0.650. The van der Waals surface area contributed by atoms with Crippen LogP contribution >= 0.6 is 0 Å². The number of hydrogen-bond acceptors (Lipinski definition) is 4. The first-order valence-corrected chi connectivity index (χ1v) is 4.42. The zero-order valence-electron chi connectivity index (χ0n) is 8.12. The molecule has 0 bridgehead atoms. The van der Waals surface area contributed by atoms with Gasteiger partial charge in [0.25, 0.3) is 5.91 Å². The SMILES string of the molecule is COCC(C(=O)NN)N(C)C1CC1. The van der Waals surface area contributed by atoms with E-state index in [-0.39, 0.29) is 11.9 Å². The van der Waals surface area contributed by atoms with Crippen LogP contribution in [0, 0.1) is 0 Å². The van der Waals surface area contributed by atoms with Crippen molar-refractivity contribution in [1.29, 1.82) is 0 Å². The first kappa shape index (κ1) is 10.4. The van der Waals surface area contributed by atoms with E-state index in [0.717, 1.165) is 12.8 Å². The fourth-order valence-electron chi connectivity index (χ4n) is 1.37. The topological polar surface area (TPSA) is 67.6 Å². The van der Waals surface area contributed by atoms with Crippen LogP contribution in [0.2, 0.25) is 0 Å². The van der Waals surface area contributed by atoms with Crippen molar-refractivity contribution >= 4 is 5.91 Å². The smallest absolute Gasteiger partial charge is 0.253 e. The van der Waals surface area contributed by atoms with Crippen molar-refractivity contribution in [2.75, 3.05) is 20.8 Å². The largest absolute Gasteiger partial charge is 0.383 e. The van der Waals surface area contributed by atoms with Gasteiger partial charge in [0.15, 0.2) is 0 Å². The maximum atomic E-state index is 11.3. The monoisotopic (exact) mass is 187 g/mol. The predicted octanol–water partition coefficient (Wildman–Crippen LogP) is -0.914. The lowest BCUT2D eigenvalue weighted by Crippen LogP contribution is -2.50. The summed E-state index contributed by atoms with van der Waals surface area (Å²) in [5.41, 5.74) is 2.15. The molecule has 1 atom stereocenters. The first-order valence-electron chi connectivity index (χ1n) is 4.42. The highest BCUT2D eigenvalue weighted by Gasteiger charge is 2.34. The van der Waals surface area contributed by atoms with Gasteiger partial charge in [0.1, 0.15) is 6.04 Å². The number of carbonyl (C=O) groups is 1. The van der Waals surface area contributed by atoms with Crippen LogP contribution in [-0.4, -0.2) is 43.7 Å². The minimum absolute atomic E-state index is 0.184. The molecule has 76 valence electrons. The normalized spacial score (nSPS) is 18.8. The fourth-order valence-corrected chi connectivity index (χ4v) is 1.37. The molecule has 0 saturated heterocycles. The van der Waals surface area contributed by atoms with Crippen molar-refractivity contribution in [2.45, 2.75) is 24.9 Å². The van der Waals surface area contributed by atoms with Crippen LogP contribution in [0.1, 0.15) is 12.8 Å². The van der Waals surface area contributed by atoms with Crippen LogP contribution < -0.4 is 11.3 Å². The average Bonchev–Trinajstić information content (AvgIpc) is 2.95. The molecule has 1 amide bonds. The molecule has 5 nitrogen and oxygen atoms in total. The van der Waals surface area contributed by atoms with Gasteiger partial charge in [-0.15, -0.1) is 0 Å². The summed E-state index contributed by atoms with van der Waals surface area (Å²) >= 11 is 0. The summed E-state index contributed by atoms with van der Waals surface area (Å²) in [7, 11) is 3.51. The van der Waals surface area contributed by atoms with Crippen LogP contribution in [-0.2, 0) is 9.53 Å². The van der Waals surface area contributed by atoms with Crippen molar-refractivity contribution in [2.24, 2.45) is 5.84 Å². The third-order valence-electron chi connectivity index (χ3n) is 2.38. The number of nitrogens with one attached hydrogen (secondary N) is 1. The summed E-state index contributed by atoms with van der Waals surface area (Å²) in [6, 6.07) is 0.264. The number of nitrogens with two attached hydrogens (primary N) is 1. The molecule has 0 aromatic carbocycles. The molecular weight excluding hydrogens is 170 g/mol. The van der Waals surface area contributed by atoms with E-state index in [4.69, 9.17) is 10.6 Å². The van der Waals surface area contributed by atoms with Crippen molar-refractivity contribution < 1.29 is 9.53 Å². The second kappa shape index (κ2) is 4.55. The average molecular weight is 187 g/mol. The highest BCUT2D eigenvalue weighted by molar-refractivity contribution is 5.81. The second-order valence-electron chi connectivity index (χ2n) is 3.38. The summed E-state index contributed by atoms with van der Waals surface area (Å²) in [5.74, 6) is 4.90. The van der Waals surface area contributed by atoms with Crippen molar-refractivity contribution in [3.63, 3.8) is 0 Å². The second-order valence-corrected chi connectivity index (χ2v) is 3.38. The van der Waals surface area contributed by atoms with Gasteiger partial charge >= 0.3 is 0 Å². The molecule has 1 saturated carbocycles. The van der Waals surface area contributed by atoms with Crippen LogP contribution in [0.3, 0.4) is 0 Å². The van der Waals surface area contributed by atoms with Gasteiger partial charge in [0.2, 0.25) is 0 Å². The molecule has 1 aliphatic carbocycles. The molecule has 0 aromatic heterocycles. The Balaban J connectivity index is 2.48. The number of nitrogens with zero attached hydrogens (tertiary/aromatic N) is 1. The Bertz CT molecular complexity index is 182. The van der Waals surface area contributed by atoms with E-state index >= 15 is 0 Å². The first-order chi connectivity index (χ1) is 6.20. The Labute approximate surface area is 78.2 Å². The molecule has 1 aliphatic rings. The maximum Gasteiger partial charge on any atom is 0.253 e. The third kappa shape index (κ3) is 2.65. The van der Waals surface area contributed by atoms with E-state index < -0.39 is 0 Å². The molecule has 13 heavy (non-hydrogen) atoms. The zero-order chi connectivity index (χ0) is 9.84. The fraction of sp³-hybridized carbons (Fsp3) is 0.875. The Kier molecular flexibility index (Phi) is 3.65.